The number of halogens is 1. The van der Waals surface area contributed by atoms with E-state index in [2.05, 4.69) is 21.1 Å². The van der Waals surface area contributed by atoms with Crippen molar-refractivity contribution in [1.82, 2.24) is 10.1 Å². The summed E-state index contributed by atoms with van der Waals surface area (Å²) in [5.74, 6) is 1.17. The van der Waals surface area contributed by atoms with Gasteiger partial charge >= 0.3 is 0 Å². The third-order valence-electron chi connectivity index (χ3n) is 4.38. The van der Waals surface area contributed by atoms with Crippen LogP contribution in [-0.2, 0) is 13.2 Å². The van der Waals surface area contributed by atoms with Crippen LogP contribution in [0.1, 0.15) is 32.9 Å². The van der Waals surface area contributed by atoms with Crippen molar-refractivity contribution in [1.29, 1.82) is 0 Å². The number of carbonyl (C=O) groups is 1. The zero-order valence-electron chi connectivity index (χ0n) is 15.5. The van der Waals surface area contributed by atoms with Crippen molar-refractivity contribution < 1.29 is 14.1 Å². The standard InChI is InChI=1S/C21H21BrN2O3/c1-14-18(15(2)27-23-14)12-24(3)21(25)17-9-5-7-11-20(17)26-13-16-8-4-6-10-19(16)22/h4-11H,12-13H2,1-3H3. The number of hydrogen-bond acceptors (Lipinski definition) is 4. The van der Waals surface area contributed by atoms with Crippen molar-refractivity contribution in [2.24, 2.45) is 0 Å². The van der Waals surface area contributed by atoms with Gasteiger partial charge in [0.05, 0.1) is 17.8 Å². The smallest absolute Gasteiger partial charge is 0.257 e. The lowest BCUT2D eigenvalue weighted by Crippen LogP contribution is -2.27. The molecule has 2 aromatic carbocycles. The average Bonchev–Trinajstić information content (AvgIpc) is 2.99. The molecule has 0 radical (unpaired) electrons. The van der Waals surface area contributed by atoms with Crippen molar-refractivity contribution in [2.45, 2.75) is 27.0 Å². The van der Waals surface area contributed by atoms with Gasteiger partial charge in [-0.05, 0) is 32.0 Å². The number of para-hydroxylation sites is 1. The third kappa shape index (κ3) is 4.39. The Morgan fingerprint density at radius 2 is 1.85 bits per heavy atom. The maximum absolute atomic E-state index is 13.0. The van der Waals surface area contributed by atoms with Crippen LogP contribution in [0.2, 0.25) is 0 Å². The van der Waals surface area contributed by atoms with E-state index in [0.29, 0.717) is 24.5 Å². The molecule has 0 saturated heterocycles. The maximum atomic E-state index is 13.0. The van der Waals surface area contributed by atoms with Crippen LogP contribution in [0.25, 0.3) is 0 Å². The molecule has 0 bridgehead atoms. The molecule has 1 heterocycles. The Labute approximate surface area is 167 Å². The van der Waals surface area contributed by atoms with Crippen molar-refractivity contribution >= 4 is 21.8 Å². The largest absolute Gasteiger partial charge is 0.488 e. The molecule has 0 saturated carbocycles. The number of ether oxygens (including phenoxy) is 1. The molecule has 6 heteroatoms. The van der Waals surface area contributed by atoms with Crippen LogP contribution < -0.4 is 4.74 Å². The molecule has 0 aliphatic rings. The molecule has 0 atom stereocenters. The molecule has 3 aromatic rings. The first-order valence-corrected chi connectivity index (χ1v) is 9.39. The van der Waals surface area contributed by atoms with Crippen LogP contribution in [0.5, 0.6) is 5.75 Å². The second-order valence-corrected chi connectivity index (χ2v) is 7.19. The molecular weight excluding hydrogens is 408 g/mol. The van der Waals surface area contributed by atoms with Crippen molar-refractivity contribution in [2.75, 3.05) is 7.05 Å². The number of aromatic nitrogens is 1. The van der Waals surface area contributed by atoms with Crippen LogP contribution in [-0.4, -0.2) is 23.0 Å². The molecule has 0 unspecified atom stereocenters. The van der Waals surface area contributed by atoms with Gasteiger partial charge in [-0.25, -0.2) is 0 Å². The number of hydrogen-bond donors (Lipinski definition) is 0. The summed E-state index contributed by atoms with van der Waals surface area (Å²) in [6, 6.07) is 15.1. The normalized spacial score (nSPS) is 10.7. The van der Waals surface area contributed by atoms with Crippen molar-refractivity contribution in [3.05, 3.63) is 81.1 Å². The first-order chi connectivity index (χ1) is 13.0. The lowest BCUT2D eigenvalue weighted by atomic mass is 10.1. The minimum Gasteiger partial charge on any atom is -0.488 e. The van der Waals surface area contributed by atoms with E-state index in [9.17, 15) is 4.79 Å². The highest BCUT2D eigenvalue weighted by atomic mass is 79.9. The summed E-state index contributed by atoms with van der Waals surface area (Å²) >= 11 is 3.52. The molecule has 140 valence electrons. The molecular formula is C21H21BrN2O3. The summed E-state index contributed by atoms with van der Waals surface area (Å²) < 4.78 is 12.1. The fraction of sp³-hybridized carbons (Fsp3) is 0.238. The van der Waals surface area contributed by atoms with E-state index in [4.69, 9.17) is 9.26 Å². The highest BCUT2D eigenvalue weighted by Crippen LogP contribution is 2.24. The van der Waals surface area contributed by atoms with Gasteiger partial charge in [0, 0.05) is 22.6 Å². The zero-order valence-corrected chi connectivity index (χ0v) is 17.1. The van der Waals surface area contributed by atoms with Crippen LogP contribution in [0.3, 0.4) is 0 Å². The Kier molecular flexibility index (Phi) is 5.96. The Bertz CT molecular complexity index is 933. The monoisotopic (exact) mass is 428 g/mol. The Balaban J connectivity index is 1.76. The second-order valence-electron chi connectivity index (χ2n) is 6.34. The molecule has 1 aromatic heterocycles. The van der Waals surface area contributed by atoms with Crippen LogP contribution in [0, 0.1) is 13.8 Å². The predicted octanol–water partition coefficient (Wildman–Crippen LogP) is 4.91. The van der Waals surface area contributed by atoms with Gasteiger partial charge < -0.3 is 14.2 Å². The summed E-state index contributed by atoms with van der Waals surface area (Å²) in [5.41, 5.74) is 3.27. The van der Waals surface area contributed by atoms with E-state index in [1.807, 2.05) is 56.3 Å². The highest BCUT2D eigenvalue weighted by molar-refractivity contribution is 9.10. The number of aryl methyl sites for hydroxylation is 2. The van der Waals surface area contributed by atoms with Crippen LogP contribution in [0.15, 0.2) is 57.5 Å². The van der Waals surface area contributed by atoms with Crippen LogP contribution in [0.4, 0.5) is 0 Å². The molecule has 3 rings (SSSR count). The fourth-order valence-electron chi connectivity index (χ4n) is 2.78. The molecule has 0 aliphatic carbocycles. The first kappa shape index (κ1) is 19.2. The molecule has 0 spiro atoms. The summed E-state index contributed by atoms with van der Waals surface area (Å²) in [5, 5.41) is 3.95. The fourth-order valence-corrected chi connectivity index (χ4v) is 3.18. The van der Waals surface area contributed by atoms with Gasteiger partial charge in [0.2, 0.25) is 0 Å². The van der Waals surface area contributed by atoms with Crippen molar-refractivity contribution in [3.8, 4) is 5.75 Å². The van der Waals surface area contributed by atoms with Gasteiger partial charge in [0.15, 0.2) is 0 Å². The van der Waals surface area contributed by atoms with E-state index in [-0.39, 0.29) is 5.91 Å². The Morgan fingerprint density at radius 3 is 2.56 bits per heavy atom. The molecule has 5 nitrogen and oxygen atoms in total. The van der Waals surface area contributed by atoms with Gasteiger partial charge in [0.25, 0.3) is 5.91 Å². The van der Waals surface area contributed by atoms with Gasteiger partial charge in [0.1, 0.15) is 18.1 Å². The summed E-state index contributed by atoms with van der Waals surface area (Å²) in [6.07, 6.45) is 0. The Hall–Kier alpha value is -2.60. The van der Waals surface area contributed by atoms with Gasteiger partial charge in [-0.15, -0.1) is 0 Å². The molecule has 27 heavy (non-hydrogen) atoms. The third-order valence-corrected chi connectivity index (χ3v) is 5.16. The molecule has 0 N–H and O–H groups in total. The topological polar surface area (TPSA) is 55.6 Å². The van der Waals surface area contributed by atoms with E-state index in [1.165, 1.54) is 0 Å². The predicted molar refractivity (Wildman–Crippen MR) is 107 cm³/mol. The average molecular weight is 429 g/mol. The zero-order chi connectivity index (χ0) is 19.4. The summed E-state index contributed by atoms with van der Waals surface area (Å²) in [6.45, 7) is 4.53. The quantitative estimate of drug-likeness (QED) is 0.559. The van der Waals surface area contributed by atoms with E-state index >= 15 is 0 Å². The number of amides is 1. The number of rotatable bonds is 6. The number of carbonyl (C=O) groups excluding carboxylic acids is 1. The maximum Gasteiger partial charge on any atom is 0.257 e. The van der Waals surface area contributed by atoms with Crippen molar-refractivity contribution in [3.63, 3.8) is 0 Å². The summed E-state index contributed by atoms with van der Waals surface area (Å²) in [4.78, 5) is 14.6. The second kappa shape index (κ2) is 8.39. The van der Waals surface area contributed by atoms with Crippen LogP contribution >= 0.6 is 15.9 Å². The number of benzene rings is 2. The molecule has 1 amide bonds. The van der Waals surface area contributed by atoms with E-state index < -0.39 is 0 Å². The minimum atomic E-state index is -0.113. The SMILES string of the molecule is Cc1noc(C)c1CN(C)C(=O)c1ccccc1OCc1ccccc1Br. The highest BCUT2D eigenvalue weighted by Gasteiger charge is 2.20. The number of nitrogens with zero attached hydrogens (tertiary/aromatic N) is 2. The minimum absolute atomic E-state index is 0.113. The molecule has 0 aliphatic heterocycles. The Morgan fingerprint density at radius 1 is 1.15 bits per heavy atom. The first-order valence-electron chi connectivity index (χ1n) is 8.60. The van der Waals surface area contributed by atoms with E-state index in [0.717, 1.165) is 27.1 Å². The van der Waals surface area contributed by atoms with Gasteiger partial charge in [-0.2, -0.15) is 0 Å². The van der Waals surface area contributed by atoms with Gasteiger partial charge in [-0.3, -0.25) is 4.79 Å². The summed E-state index contributed by atoms with van der Waals surface area (Å²) in [7, 11) is 1.76. The lowest BCUT2D eigenvalue weighted by Gasteiger charge is -2.19. The van der Waals surface area contributed by atoms with Gasteiger partial charge in [-0.1, -0.05) is 51.4 Å². The lowest BCUT2D eigenvalue weighted by molar-refractivity contribution is 0.0779. The molecule has 0 fully saturated rings. The van der Waals surface area contributed by atoms with E-state index in [1.54, 1.807) is 18.0 Å².